The average Bonchev–Trinajstić information content (AvgIpc) is 3.18. The Hall–Kier alpha value is -1.28. The van der Waals surface area contributed by atoms with Crippen LogP contribution in [0.4, 0.5) is 26.3 Å². The van der Waals surface area contributed by atoms with Gasteiger partial charge in [0.05, 0.1) is 23.3 Å². The molecule has 0 bridgehead atoms. The second-order valence-corrected chi connectivity index (χ2v) is 5.15. The molecule has 2 atom stereocenters. The first-order chi connectivity index (χ1) is 9.51. The van der Waals surface area contributed by atoms with Crippen LogP contribution in [0.15, 0.2) is 18.2 Å². The van der Waals surface area contributed by atoms with Crippen molar-refractivity contribution in [2.45, 2.75) is 37.3 Å². The number of alkyl halides is 6. The van der Waals surface area contributed by atoms with Crippen LogP contribution >= 0.6 is 0 Å². The third-order valence-corrected chi connectivity index (χ3v) is 3.52. The Balaban J connectivity index is 2.47. The van der Waals surface area contributed by atoms with Crippen LogP contribution in [-0.4, -0.2) is 11.2 Å². The lowest BCUT2D eigenvalue weighted by Crippen LogP contribution is -2.30. The molecule has 0 amide bonds. The lowest BCUT2D eigenvalue weighted by atomic mass is 9.92. The lowest BCUT2D eigenvalue weighted by Gasteiger charge is -2.24. The van der Waals surface area contributed by atoms with Crippen LogP contribution in [0.5, 0.6) is 0 Å². The molecule has 1 aliphatic rings. The monoisotopic (exact) mass is 313 g/mol. The van der Waals surface area contributed by atoms with E-state index in [-0.39, 0.29) is 5.92 Å². The van der Waals surface area contributed by atoms with Crippen LogP contribution < -0.4 is 5.73 Å². The van der Waals surface area contributed by atoms with Crippen molar-refractivity contribution in [1.82, 2.24) is 0 Å². The van der Waals surface area contributed by atoms with Gasteiger partial charge in [-0.2, -0.15) is 26.3 Å². The fourth-order valence-corrected chi connectivity index (χ4v) is 2.19. The van der Waals surface area contributed by atoms with Crippen LogP contribution in [0, 0.1) is 5.92 Å². The standard InChI is InChI=1S/C13H13F6NO/c14-12(15,16)7-3-4-9(13(17,18)19)8(5-7)10(20)11(21)6-1-2-6/h3-6,10-11,21H,1-2,20H2/t10-,11+/m1/s1. The summed E-state index contributed by atoms with van der Waals surface area (Å²) in [5, 5.41) is 9.82. The lowest BCUT2D eigenvalue weighted by molar-refractivity contribution is -0.142. The van der Waals surface area contributed by atoms with Crippen molar-refractivity contribution in [3.63, 3.8) is 0 Å². The van der Waals surface area contributed by atoms with E-state index in [9.17, 15) is 31.4 Å². The Kier molecular flexibility index (Phi) is 3.96. The van der Waals surface area contributed by atoms with Crippen LogP contribution in [0.1, 0.15) is 35.6 Å². The number of hydrogen-bond acceptors (Lipinski definition) is 2. The van der Waals surface area contributed by atoms with E-state index in [1.165, 1.54) is 0 Å². The fourth-order valence-electron chi connectivity index (χ4n) is 2.19. The summed E-state index contributed by atoms with van der Waals surface area (Å²) in [5.41, 5.74) is 2.38. The summed E-state index contributed by atoms with van der Waals surface area (Å²) in [5.74, 6) is -0.254. The molecule has 0 radical (unpaired) electrons. The van der Waals surface area contributed by atoms with Gasteiger partial charge in [0.2, 0.25) is 0 Å². The second kappa shape index (κ2) is 5.17. The number of halogens is 6. The van der Waals surface area contributed by atoms with Gasteiger partial charge in [-0.3, -0.25) is 0 Å². The first-order valence-corrected chi connectivity index (χ1v) is 6.24. The van der Waals surface area contributed by atoms with Gasteiger partial charge in [0, 0.05) is 0 Å². The first kappa shape index (κ1) is 16.1. The molecule has 0 aromatic heterocycles. The normalized spacial score (nSPS) is 19.4. The van der Waals surface area contributed by atoms with Crippen LogP contribution in [0.3, 0.4) is 0 Å². The van der Waals surface area contributed by atoms with Crippen molar-refractivity contribution < 1.29 is 31.4 Å². The molecule has 21 heavy (non-hydrogen) atoms. The highest BCUT2D eigenvalue weighted by Gasteiger charge is 2.41. The number of rotatable bonds is 3. The highest BCUT2D eigenvalue weighted by atomic mass is 19.4. The van der Waals surface area contributed by atoms with Gasteiger partial charge in [-0.05, 0) is 42.5 Å². The Morgan fingerprint density at radius 2 is 1.62 bits per heavy atom. The number of hydrogen-bond donors (Lipinski definition) is 2. The summed E-state index contributed by atoms with van der Waals surface area (Å²) >= 11 is 0. The molecule has 0 unspecified atom stereocenters. The molecule has 0 heterocycles. The molecule has 1 aromatic carbocycles. The van der Waals surface area contributed by atoms with Gasteiger partial charge in [0.15, 0.2) is 0 Å². The molecule has 8 heteroatoms. The maximum Gasteiger partial charge on any atom is 0.416 e. The third kappa shape index (κ3) is 3.49. The first-order valence-electron chi connectivity index (χ1n) is 6.24. The molecule has 2 nitrogen and oxygen atoms in total. The molecular weight excluding hydrogens is 300 g/mol. The molecule has 0 saturated heterocycles. The third-order valence-electron chi connectivity index (χ3n) is 3.52. The average molecular weight is 313 g/mol. The fraction of sp³-hybridized carbons (Fsp3) is 0.538. The molecule has 0 aliphatic heterocycles. The molecular formula is C13H13F6NO. The number of nitrogens with two attached hydrogens (primary N) is 1. The van der Waals surface area contributed by atoms with Crippen LogP contribution in [-0.2, 0) is 12.4 Å². The van der Waals surface area contributed by atoms with Gasteiger partial charge in [-0.1, -0.05) is 0 Å². The van der Waals surface area contributed by atoms with E-state index in [1.807, 2.05) is 0 Å². The van der Waals surface area contributed by atoms with Crippen molar-refractivity contribution in [2.75, 3.05) is 0 Å². The van der Waals surface area contributed by atoms with E-state index < -0.39 is 41.2 Å². The number of benzene rings is 1. The van der Waals surface area contributed by atoms with Crippen LogP contribution in [0.25, 0.3) is 0 Å². The maximum atomic E-state index is 12.9. The summed E-state index contributed by atoms with van der Waals surface area (Å²) < 4.78 is 76.6. The predicted octanol–water partition coefficient (Wildman–Crippen LogP) is 3.49. The van der Waals surface area contributed by atoms with Crippen molar-refractivity contribution in [1.29, 1.82) is 0 Å². The van der Waals surface area contributed by atoms with Crippen molar-refractivity contribution in [3.8, 4) is 0 Å². The van der Waals surface area contributed by atoms with E-state index in [0.717, 1.165) is 0 Å². The summed E-state index contributed by atoms with van der Waals surface area (Å²) in [6.07, 6.45) is -9.68. The van der Waals surface area contributed by atoms with E-state index in [4.69, 9.17) is 5.73 Å². The SMILES string of the molecule is N[C@H](c1cc(C(F)(F)F)ccc1C(F)(F)F)[C@@H](O)C1CC1. The topological polar surface area (TPSA) is 46.2 Å². The van der Waals surface area contributed by atoms with Gasteiger partial charge >= 0.3 is 12.4 Å². The molecule has 0 spiro atoms. The highest BCUT2D eigenvalue weighted by molar-refractivity contribution is 5.38. The number of aliphatic hydroxyl groups excluding tert-OH is 1. The minimum atomic E-state index is -4.83. The molecule has 1 aromatic rings. The maximum absolute atomic E-state index is 12.9. The summed E-state index contributed by atoms with van der Waals surface area (Å²) in [4.78, 5) is 0. The van der Waals surface area contributed by atoms with Crippen molar-refractivity contribution >= 4 is 0 Å². The minimum absolute atomic E-state index is 0.254. The zero-order valence-electron chi connectivity index (χ0n) is 10.7. The van der Waals surface area contributed by atoms with Gasteiger partial charge in [-0.25, -0.2) is 0 Å². The minimum Gasteiger partial charge on any atom is -0.391 e. The highest BCUT2D eigenvalue weighted by Crippen LogP contribution is 2.42. The van der Waals surface area contributed by atoms with Crippen molar-refractivity contribution in [3.05, 3.63) is 34.9 Å². The zero-order valence-corrected chi connectivity index (χ0v) is 10.7. The van der Waals surface area contributed by atoms with E-state index in [0.29, 0.717) is 31.0 Å². The molecule has 2 rings (SSSR count). The molecule has 118 valence electrons. The van der Waals surface area contributed by atoms with E-state index >= 15 is 0 Å². The largest absolute Gasteiger partial charge is 0.416 e. The van der Waals surface area contributed by atoms with Gasteiger partial charge < -0.3 is 10.8 Å². The summed E-state index contributed by atoms with van der Waals surface area (Å²) in [6, 6.07) is -0.407. The summed E-state index contributed by atoms with van der Waals surface area (Å²) in [6.45, 7) is 0. The van der Waals surface area contributed by atoms with Crippen molar-refractivity contribution in [2.24, 2.45) is 11.7 Å². The zero-order chi connectivity index (χ0) is 16.0. The molecule has 1 fully saturated rings. The smallest absolute Gasteiger partial charge is 0.391 e. The van der Waals surface area contributed by atoms with Gasteiger partial charge in [0.1, 0.15) is 0 Å². The number of aliphatic hydroxyl groups is 1. The van der Waals surface area contributed by atoms with E-state index in [1.54, 1.807) is 0 Å². The van der Waals surface area contributed by atoms with Crippen LogP contribution in [0.2, 0.25) is 0 Å². The molecule has 1 aliphatic carbocycles. The molecule has 3 N–H and O–H groups in total. The van der Waals surface area contributed by atoms with Gasteiger partial charge in [-0.15, -0.1) is 0 Å². The quantitative estimate of drug-likeness (QED) is 0.839. The second-order valence-electron chi connectivity index (χ2n) is 5.15. The summed E-state index contributed by atoms with van der Waals surface area (Å²) in [7, 11) is 0. The predicted molar refractivity (Wildman–Crippen MR) is 62.1 cm³/mol. The molecule has 1 saturated carbocycles. The van der Waals surface area contributed by atoms with Gasteiger partial charge in [0.25, 0.3) is 0 Å². The Morgan fingerprint density at radius 3 is 2.05 bits per heavy atom. The Labute approximate surface area is 116 Å². The van der Waals surface area contributed by atoms with E-state index in [2.05, 4.69) is 0 Å². The Morgan fingerprint density at radius 1 is 1.05 bits per heavy atom. The Bertz CT molecular complexity index is 520.